The van der Waals surface area contributed by atoms with Crippen molar-refractivity contribution in [3.63, 3.8) is 0 Å². The molecule has 4 rings (SSSR count). The molecule has 0 spiro atoms. The van der Waals surface area contributed by atoms with Gasteiger partial charge in [-0.15, -0.1) is 11.3 Å². The monoisotopic (exact) mass is 440 g/mol. The molecule has 1 fully saturated rings. The first kappa shape index (κ1) is 21.1. The molecule has 158 valence electrons. The zero-order valence-electron chi connectivity index (χ0n) is 17.1. The SMILES string of the molecule is O=S(=O)(c1cccs1)N(CC1CCCN(CCc2ccccc2)C1)c1ccccc1. The summed E-state index contributed by atoms with van der Waals surface area (Å²) in [5.41, 5.74) is 2.10. The fourth-order valence-corrected chi connectivity index (χ4v) is 6.77. The first-order valence-electron chi connectivity index (χ1n) is 10.5. The van der Waals surface area contributed by atoms with Crippen LogP contribution in [0.2, 0.25) is 0 Å². The summed E-state index contributed by atoms with van der Waals surface area (Å²) in [5.74, 6) is 0.324. The minimum atomic E-state index is -3.55. The first-order valence-corrected chi connectivity index (χ1v) is 12.8. The van der Waals surface area contributed by atoms with Gasteiger partial charge in [0.25, 0.3) is 10.0 Å². The molecule has 0 radical (unpaired) electrons. The van der Waals surface area contributed by atoms with Gasteiger partial charge in [0.15, 0.2) is 0 Å². The van der Waals surface area contributed by atoms with Crippen LogP contribution in [-0.4, -0.2) is 39.5 Å². The van der Waals surface area contributed by atoms with E-state index >= 15 is 0 Å². The molecule has 0 aliphatic carbocycles. The zero-order chi connectivity index (χ0) is 20.8. The second-order valence-electron chi connectivity index (χ2n) is 7.85. The summed E-state index contributed by atoms with van der Waals surface area (Å²) in [6.45, 7) is 3.57. The van der Waals surface area contributed by atoms with Gasteiger partial charge < -0.3 is 4.90 Å². The van der Waals surface area contributed by atoms with Crippen LogP contribution in [0.5, 0.6) is 0 Å². The Morgan fingerprint density at radius 1 is 0.967 bits per heavy atom. The standard InChI is InChI=1S/C24H28N2O2S2/c27-30(28,24-14-8-18-29-24)26(23-12-5-2-6-13-23)20-22-11-7-16-25(19-22)17-15-21-9-3-1-4-10-21/h1-6,8-10,12-14,18,22H,7,11,15-17,19-20H2. The Kier molecular flexibility index (Phi) is 6.87. The maximum absolute atomic E-state index is 13.4. The van der Waals surface area contributed by atoms with Crippen LogP contribution in [0.3, 0.4) is 0 Å². The quantitative estimate of drug-likeness (QED) is 0.500. The van der Waals surface area contributed by atoms with Crippen LogP contribution >= 0.6 is 11.3 Å². The van der Waals surface area contributed by atoms with Crippen LogP contribution in [-0.2, 0) is 16.4 Å². The molecule has 1 saturated heterocycles. The third-order valence-corrected chi connectivity index (χ3v) is 8.84. The van der Waals surface area contributed by atoms with E-state index in [0.29, 0.717) is 16.7 Å². The number of para-hydroxylation sites is 1. The predicted octanol–water partition coefficient (Wildman–Crippen LogP) is 4.90. The van der Waals surface area contributed by atoms with Crippen molar-refractivity contribution in [3.8, 4) is 0 Å². The molecule has 1 aliphatic rings. The van der Waals surface area contributed by atoms with Crippen molar-refractivity contribution in [3.05, 3.63) is 83.7 Å². The van der Waals surface area contributed by atoms with Crippen molar-refractivity contribution < 1.29 is 8.42 Å². The van der Waals surface area contributed by atoms with Crippen LogP contribution in [0.15, 0.2) is 82.4 Å². The predicted molar refractivity (Wildman–Crippen MR) is 125 cm³/mol. The minimum Gasteiger partial charge on any atom is -0.303 e. The molecule has 3 aromatic rings. The molecule has 0 N–H and O–H groups in total. The fourth-order valence-electron chi connectivity index (χ4n) is 4.13. The Bertz CT molecular complexity index is 1010. The lowest BCUT2D eigenvalue weighted by atomic mass is 9.97. The van der Waals surface area contributed by atoms with Crippen LogP contribution in [0.4, 0.5) is 5.69 Å². The van der Waals surface area contributed by atoms with Crippen LogP contribution in [0.25, 0.3) is 0 Å². The largest absolute Gasteiger partial charge is 0.303 e. The van der Waals surface area contributed by atoms with Crippen molar-refractivity contribution in [2.45, 2.75) is 23.5 Å². The molecule has 1 unspecified atom stereocenters. The van der Waals surface area contributed by atoms with Gasteiger partial charge in [-0.05, 0) is 60.9 Å². The number of thiophene rings is 1. The normalized spacial score (nSPS) is 17.7. The highest BCUT2D eigenvalue weighted by atomic mass is 32.2. The van der Waals surface area contributed by atoms with Crippen LogP contribution in [0.1, 0.15) is 18.4 Å². The molecule has 0 saturated carbocycles. The average molecular weight is 441 g/mol. The Morgan fingerprint density at radius 2 is 1.70 bits per heavy atom. The van der Waals surface area contributed by atoms with Gasteiger partial charge in [-0.25, -0.2) is 8.42 Å². The van der Waals surface area contributed by atoms with Gasteiger partial charge in [0.2, 0.25) is 0 Å². The lowest BCUT2D eigenvalue weighted by Crippen LogP contribution is -2.43. The molecule has 0 bridgehead atoms. The van der Waals surface area contributed by atoms with Crippen molar-refractivity contribution in [2.24, 2.45) is 5.92 Å². The number of hydrogen-bond donors (Lipinski definition) is 0. The summed E-state index contributed by atoms with van der Waals surface area (Å²) in [6, 6.07) is 23.6. The molecule has 30 heavy (non-hydrogen) atoms. The Morgan fingerprint density at radius 3 is 2.40 bits per heavy atom. The van der Waals surface area contributed by atoms with Crippen molar-refractivity contribution in [2.75, 3.05) is 30.5 Å². The average Bonchev–Trinajstić information content (AvgIpc) is 3.34. The lowest BCUT2D eigenvalue weighted by molar-refractivity contribution is 0.180. The van der Waals surface area contributed by atoms with E-state index in [1.807, 2.05) is 41.8 Å². The van der Waals surface area contributed by atoms with Crippen molar-refractivity contribution >= 4 is 27.0 Å². The molecular formula is C24H28N2O2S2. The van der Waals surface area contributed by atoms with E-state index in [4.69, 9.17) is 0 Å². The van der Waals surface area contributed by atoms with Gasteiger partial charge in [-0.3, -0.25) is 4.31 Å². The molecule has 2 aromatic carbocycles. The van der Waals surface area contributed by atoms with Gasteiger partial charge >= 0.3 is 0 Å². The number of rotatable bonds is 8. The summed E-state index contributed by atoms with van der Waals surface area (Å²) in [6.07, 6.45) is 3.20. The van der Waals surface area contributed by atoms with Gasteiger partial charge in [-0.1, -0.05) is 54.6 Å². The number of hydrogen-bond acceptors (Lipinski definition) is 4. The molecule has 2 heterocycles. The highest BCUT2D eigenvalue weighted by Crippen LogP contribution is 2.29. The van der Waals surface area contributed by atoms with E-state index in [1.165, 1.54) is 16.9 Å². The topological polar surface area (TPSA) is 40.6 Å². The minimum absolute atomic E-state index is 0.324. The van der Waals surface area contributed by atoms with Gasteiger partial charge in [0.1, 0.15) is 4.21 Å². The van der Waals surface area contributed by atoms with Gasteiger partial charge in [0, 0.05) is 19.6 Å². The number of sulfonamides is 1. The van der Waals surface area contributed by atoms with E-state index in [2.05, 4.69) is 29.2 Å². The van der Waals surface area contributed by atoms with Gasteiger partial charge in [-0.2, -0.15) is 0 Å². The van der Waals surface area contributed by atoms with Crippen molar-refractivity contribution in [1.82, 2.24) is 4.90 Å². The number of nitrogens with zero attached hydrogens (tertiary/aromatic N) is 2. The number of anilines is 1. The molecule has 1 aliphatic heterocycles. The summed E-state index contributed by atoms with van der Waals surface area (Å²) >= 11 is 1.28. The molecule has 1 atom stereocenters. The Hall–Kier alpha value is -2.15. The second-order valence-corrected chi connectivity index (χ2v) is 10.9. The van der Waals surface area contributed by atoms with Crippen LogP contribution < -0.4 is 4.31 Å². The van der Waals surface area contributed by atoms with Crippen molar-refractivity contribution in [1.29, 1.82) is 0 Å². The van der Waals surface area contributed by atoms with E-state index in [9.17, 15) is 8.42 Å². The fraction of sp³-hybridized carbons (Fsp3) is 0.333. The maximum atomic E-state index is 13.4. The first-order chi connectivity index (χ1) is 14.6. The lowest BCUT2D eigenvalue weighted by Gasteiger charge is -2.36. The highest BCUT2D eigenvalue weighted by Gasteiger charge is 2.30. The zero-order valence-corrected chi connectivity index (χ0v) is 18.7. The molecule has 0 amide bonds. The molecule has 4 nitrogen and oxygen atoms in total. The van der Waals surface area contributed by atoms with E-state index in [1.54, 1.807) is 16.4 Å². The second kappa shape index (κ2) is 9.77. The van der Waals surface area contributed by atoms with Crippen LogP contribution in [0, 0.1) is 5.92 Å². The maximum Gasteiger partial charge on any atom is 0.273 e. The number of benzene rings is 2. The Balaban J connectivity index is 1.47. The summed E-state index contributed by atoms with van der Waals surface area (Å²) in [5, 5.41) is 1.82. The summed E-state index contributed by atoms with van der Waals surface area (Å²) in [7, 11) is -3.55. The highest BCUT2D eigenvalue weighted by molar-refractivity contribution is 7.94. The Labute approximate surface area is 183 Å². The third kappa shape index (κ3) is 5.12. The molecular weight excluding hydrogens is 412 g/mol. The summed E-state index contributed by atoms with van der Waals surface area (Å²) < 4.78 is 28.8. The number of likely N-dealkylation sites (tertiary alicyclic amines) is 1. The van der Waals surface area contributed by atoms with E-state index in [0.717, 1.165) is 44.6 Å². The molecule has 1 aromatic heterocycles. The van der Waals surface area contributed by atoms with Gasteiger partial charge in [0.05, 0.1) is 5.69 Å². The van der Waals surface area contributed by atoms with E-state index < -0.39 is 10.0 Å². The number of piperidine rings is 1. The third-order valence-electron chi connectivity index (χ3n) is 5.67. The van der Waals surface area contributed by atoms with E-state index in [-0.39, 0.29) is 0 Å². The molecule has 6 heteroatoms. The smallest absolute Gasteiger partial charge is 0.273 e. The summed E-state index contributed by atoms with van der Waals surface area (Å²) in [4.78, 5) is 2.49.